The Morgan fingerprint density at radius 2 is 0.900 bits per heavy atom. The molecule has 110 heavy (non-hydrogen) atoms. The predicted molar refractivity (Wildman–Crippen MR) is 437 cm³/mol. The van der Waals surface area contributed by atoms with Gasteiger partial charge >= 0.3 is 17.6 Å². The smallest absolute Gasteiger partial charge is 0.410 e. The van der Waals surface area contributed by atoms with Crippen molar-refractivity contribution >= 4 is 68.9 Å². The summed E-state index contributed by atoms with van der Waals surface area (Å²) in [5.41, 5.74) is 16.8. The molecule has 0 spiro atoms. The highest BCUT2D eigenvalue weighted by Crippen LogP contribution is 2.33. The molecular formula is C86H103ClN16O7. The highest BCUT2D eigenvalue weighted by Gasteiger charge is 2.27. The Labute approximate surface area is 650 Å². The van der Waals surface area contributed by atoms with Crippen LogP contribution in [0.1, 0.15) is 122 Å². The molecule has 0 unspecified atom stereocenters. The van der Waals surface area contributed by atoms with Crippen molar-refractivity contribution in [2.24, 2.45) is 0 Å². The number of amides is 2. The van der Waals surface area contributed by atoms with Crippen LogP contribution in [0.3, 0.4) is 0 Å². The second-order valence-corrected chi connectivity index (χ2v) is 29.4. The van der Waals surface area contributed by atoms with E-state index in [1.807, 2.05) is 142 Å². The number of halogens is 1. The van der Waals surface area contributed by atoms with Crippen molar-refractivity contribution in [2.75, 3.05) is 88.3 Å². The average molecular weight is 1510 g/mol. The molecule has 4 aliphatic rings. The number of nitrogens with zero attached hydrogens (tertiary/aromatic N) is 11. The van der Waals surface area contributed by atoms with Crippen molar-refractivity contribution in [3.63, 3.8) is 0 Å². The molecule has 0 aliphatic carbocycles. The van der Waals surface area contributed by atoms with Gasteiger partial charge in [-0.2, -0.15) is 0 Å². The molecule has 0 radical (unpaired) electrons. The first-order valence-corrected chi connectivity index (χ1v) is 37.9. The fourth-order valence-electron chi connectivity index (χ4n) is 12.4. The minimum Gasteiger partial charge on any atom is -0.449 e. The lowest BCUT2D eigenvalue weighted by atomic mass is 9.87. The van der Waals surface area contributed by atoms with E-state index >= 15 is 0 Å². The number of aromatic amines is 4. The lowest BCUT2D eigenvalue weighted by Gasteiger charge is -2.35. The normalized spacial score (nSPS) is 14.0. The Bertz CT molecular complexity index is 4770. The lowest BCUT2D eigenvalue weighted by molar-refractivity contribution is 0.0941. The van der Waals surface area contributed by atoms with E-state index in [2.05, 4.69) is 176 Å². The van der Waals surface area contributed by atoms with E-state index in [1.165, 1.54) is 22.5 Å². The number of imidazole rings is 4. The maximum Gasteiger partial charge on any atom is 0.410 e. The zero-order valence-electron chi connectivity index (χ0n) is 64.9. The van der Waals surface area contributed by atoms with Crippen molar-refractivity contribution < 1.29 is 33.4 Å². The summed E-state index contributed by atoms with van der Waals surface area (Å²) in [6.45, 7) is 33.1. The molecule has 5 aromatic carbocycles. The van der Waals surface area contributed by atoms with Crippen molar-refractivity contribution in [1.82, 2.24) is 69.9 Å². The Hall–Kier alpha value is -11.3. The predicted octanol–water partition coefficient (Wildman–Crippen LogP) is 16.2. The molecule has 11 aromatic rings. The number of aromatic nitrogens is 10. The molecule has 5 N–H and O–H groups in total. The quantitative estimate of drug-likeness (QED) is 0.0276. The Kier molecular flexibility index (Phi) is 29.3. The maximum atomic E-state index is 12.5. The molecule has 6 aromatic heterocycles. The van der Waals surface area contributed by atoms with Gasteiger partial charge in [-0.3, -0.25) is 19.7 Å². The number of piperazine rings is 2. The van der Waals surface area contributed by atoms with Crippen molar-refractivity contribution in [1.29, 1.82) is 0 Å². The number of aldehydes is 1. The van der Waals surface area contributed by atoms with Crippen LogP contribution >= 0.6 is 11.6 Å². The Morgan fingerprint density at radius 3 is 1.28 bits per heavy atom. The first kappa shape index (κ1) is 81.3. The molecule has 23 nitrogen and oxygen atoms in total. The number of carbonyl (C=O) groups is 4. The number of benzene rings is 5. The summed E-state index contributed by atoms with van der Waals surface area (Å²) in [7, 11) is 0. The van der Waals surface area contributed by atoms with Crippen LogP contribution in [0.25, 0.3) is 44.8 Å². The molecule has 0 bridgehead atoms. The largest absolute Gasteiger partial charge is 0.449 e. The van der Waals surface area contributed by atoms with Crippen LogP contribution in [-0.2, 0) is 64.2 Å². The number of ether oxygens (including phenoxy) is 3. The minimum absolute atomic E-state index is 0.111. The van der Waals surface area contributed by atoms with Crippen LogP contribution in [0.4, 0.5) is 25.8 Å². The summed E-state index contributed by atoms with van der Waals surface area (Å²) in [6.07, 6.45) is 17.7. The highest BCUT2D eigenvalue weighted by atomic mass is 35.5. The number of hydrogen-bond acceptors (Lipinski definition) is 17. The zero-order valence-corrected chi connectivity index (χ0v) is 65.6. The van der Waals surface area contributed by atoms with Gasteiger partial charge in [0.15, 0.2) is 6.29 Å². The number of hydrogen-bond donors (Lipinski definition) is 5. The molecular weight excluding hydrogens is 1400 g/mol. The van der Waals surface area contributed by atoms with Gasteiger partial charge in [0.05, 0.1) is 52.9 Å². The molecule has 0 saturated carbocycles. The van der Waals surface area contributed by atoms with E-state index in [-0.39, 0.29) is 36.2 Å². The van der Waals surface area contributed by atoms with Crippen LogP contribution in [-0.4, -0.2) is 167 Å². The van der Waals surface area contributed by atoms with Crippen LogP contribution < -0.4 is 15.1 Å². The first-order chi connectivity index (χ1) is 53.1. The van der Waals surface area contributed by atoms with Gasteiger partial charge in [0.25, 0.3) is 0 Å². The number of pyridine rings is 2. The van der Waals surface area contributed by atoms with E-state index < -0.39 is 5.43 Å². The van der Waals surface area contributed by atoms with Crippen LogP contribution in [0.15, 0.2) is 189 Å². The third-order valence-corrected chi connectivity index (χ3v) is 19.0. The molecule has 4 aliphatic heterocycles. The maximum absolute atomic E-state index is 12.5. The fourth-order valence-corrected chi connectivity index (χ4v) is 12.5. The number of H-pyrrole nitrogens is 4. The fraction of sp³-hybridized carbons (Fsp3) is 0.349. The van der Waals surface area contributed by atoms with Crippen molar-refractivity contribution in [3.05, 3.63) is 251 Å². The van der Waals surface area contributed by atoms with Crippen LogP contribution in [0, 0.1) is 13.8 Å². The lowest BCUT2D eigenvalue weighted by Crippen LogP contribution is -2.49. The third-order valence-electron chi connectivity index (χ3n) is 18.9. The van der Waals surface area contributed by atoms with Gasteiger partial charge in [0, 0.05) is 132 Å². The molecule has 10 heterocycles. The molecule has 15 rings (SSSR count). The van der Waals surface area contributed by atoms with E-state index in [1.54, 1.807) is 9.80 Å². The summed E-state index contributed by atoms with van der Waals surface area (Å²) in [4.78, 5) is 96.0. The Balaban J connectivity index is 0.000000157. The van der Waals surface area contributed by atoms with Gasteiger partial charge in [-0.15, -0.1) is 0 Å². The van der Waals surface area contributed by atoms with Crippen molar-refractivity contribution in [3.8, 4) is 22.8 Å². The van der Waals surface area contributed by atoms with Gasteiger partial charge in [0.2, 0.25) is 0 Å². The van der Waals surface area contributed by atoms with Gasteiger partial charge in [0.1, 0.15) is 59.8 Å². The monoisotopic (exact) mass is 1510 g/mol. The van der Waals surface area contributed by atoms with Crippen LogP contribution in [0.2, 0.25) is 0 Å². The second kappa shape index (κ2) is 39.7. The molecule has 2 fully saturated rings. The number of anilines is 2. The molecule has 0 atom stereocenters. The molecule has 576 valence electrons. The van der Waals surface area contributed by atoms with E-state index in [9.17, 15) is 19.2 Å². The van der Waals surface area contributed by atoms with Gasteiger partial charge in [-0.25, -0.2) is 34.3 Å². The second-order valence-electron chi connectivity index (χ2n) is 29.0. The molecule has 2 amide bonds. The summed E-state index contributed by atoms with van der Waals surface area (Å²) in [5.74, 6) is 3.67. The summed E-state index contributed by atoms with van der Waals surface area (Å²) >= 11 is 4.97. The number of rotatable bonds is 15. The standard InChI is InChI=1S/C28H31N5O2.C27H35N7.C12H13NO2.C8H7ClO2.C7H10N2O.C4H7N/c1-28(2,3)22-11-9-21(10-12-22)26-30-23-17-29-18-24(25(23)31-26)32-13-15-33(16-14-32)27(34)35-19-20-7-5-4-6-8-20;1-6-24-29-18(2)22(30-24)17-33-11-13-34(14-12-33)23-16-28-15-21-25(23)32-26(31-21)19-7-9-20(10-8-19)27(3,4)5;14-12(13-8-4-5-9-13)15-10-11-6-2-1-3-7-11;9-8(10)11-6-7-4-2-1-3-5-7;1-3-7-8-5(2)6(4-10)9-7;1-2-4-5-3-1/h4-12,17-18H,13-16,19H2,1-3H3,(H,30,31);7-10,15-16H,6,11-14,17H2,1-5H3,(H,29,30)(H,31,32);1-7H,8-10H2;1-5H,6H2;4H,3H2,1-2H3,(H,8,9);1-2,5H,3-4H2. The topological polar surface area (TPSA) is 265 Å². The summed E-state index contributed by atoms with van der Waals surface area (Å²) in [5, 5.41) is 3.11. The number of nitrogens with one attached hydrogen (secondary N) is 5. The summed E-state index contributed by atoms with van der Waals surface area (Å²) < 4.78 is 15.2. The van der Waals surface area contributed by atoms with Crippen LogP contribution in [0.5, 0.6) is 0 Å². The zero-order chi connectivity index (χ0) is 78.0. The highest BCUT2D eigenvalue weighted by molar-refractivity contribution is 6.61. The number of fused-ring (bicyclic) bond motifs is 2. The van der Waals surface area contributed by atoms with Gasteiger partial charge < -0.3 is 59.1 Å². The van der Waals surface area contributed by atoms with E-state index in [0.717, 1.165) is 155 Å². The number of carbonyl (C=O) groups excluding carboxylic acids is 4. The summed E-state index contributed by atoms with van der Waals surface area (Å²) in [6, 6.07) is 46.1. The SMILES string of the molecule is C1=CCNC1.CC(C)(C)c1ccc(-c2nc3c(N4CCN(C(=O)OCc5ccccc5)CC4)cncc3[nH]2)cc1.CCc1nc(C=O)c(C)[nH]1.CCc1nc(CN2CCN(c3cncc4[nH]c(-c5ccc(C(C)(C)C)cc5)nc34)CC2)c(C)[nH]1.O=C(Cl)OCc1ccccc1.O=C(OCc1ccccc1)N1CC=CC1. The minimum atomic E-state index is -0.770. The van der Waals surface area contributed by atoms with E-state index in [0.29, 0.717) is 51.6 Å². The van der Waals surface area contributed by atoms with Gasteiger partial charge in [-0.1, -0.05) is 219 Å². The van der Waals surface area contributed by atoms with Gasteiger partial charge in [-0.05, 0) is 52.5 Å². The first-order valence-electron chi connectivity index (χ1n) is 37.6. The molecule has 24 heteroatoms. The van der Waals surface area contributed by atoms with Crippen molar-refractivity contribution in [2.45, 2.75) is 119 Å². The third kappa shape index (κ3) is 23.6. The van der Waals surface area contributed by atoms with E-state index in [4.69, 9.17) is 36.0 Å². The molecule has 2 saturated heterocycles. The number of aryl methyl sites for hydroxylation is 4. The average Bonchev–Trinajstić information content (AvgIpc) is 1.63. The Morgan fingerprint density at radius 1 is 0.482 bits per heavy atom.